The van der Waals surface area contributed by atoms with Crippen LogP contribution in [0.1, 0.15) is 6.42 Å². The minimum absolute atomic E-state index is 0.346. The fourth-order valence-corrected chi connectivity index (χ4v) is 1.54. The first-order valence-electron chi connectivity index (χ1n) is 3.96. The minimum atomic E-state index is -0.838. The summed E-state index contributed by atoms with van der Waals surface area (Å²) in [6.45, 7) is 1.35. The number of nitrogens with zero attached hydrogens (tertiary/aromatic N) is 2. The number of carboxylic acid groups (broad SMARTS) is 1. The van der Waals surface area contributed by atoms with E-state index in [1.54, 1.807) is 0 Å². The lowest BCUT2D eigenvalue weighted by Gasteiger charge is -2.30. The van der Waals surface area contributed by atoms with Crippen molar-refractivity contribution in [3.8, 4) is 6.07 Å². The van der Waals surface area contributed by atoms with Crippen LogP contribution in [-0.2, 0) is 4.79 Å². The Labute approximate surface area is 71.4 Å². The van der Waals surface area contributed by atoms with Gasteiger partial charge >= 0.3 is 5.97 Å². The fourth-order valence-electron chi connectivity index (χ4n) is 1.54. The van der Waals surface area contributed by atoms with Crippen LogP contribution in [0, 0.1) is 23.2 Å². The van der Waals surface area contributed by atoms with Gasteiger partial charge in [0.1, 0.15) is 0 Å². The maximum Gasteiger partial charge on any atom is 0.307 e. The molecule has 1 heterocycles. The summed E-state index contributed by atoms with van der Waals surface area (Å²) in [5, 5.41) is 17.4. The van der Waals surface area contributed by atoms with Gasteiger partial charge in [-0.1, -0.05) is 0 Å². The maximum atomic E-state index is 10.7. The molecule has 1 fully saturated rings. The molecule has 0 aromatic heterocycles. The zero-order chi connectivity index (χ0) is 9.14. The first kappa shape index (κ1) is 9.01. The number of carbonyl (C=O) groups is 1. The number of piperidine rings is 1. The number of carboxylic acids is 1. The van der Waals surface area contributed by atoms with Gasteiger partial charge in [0, 0.05) is 6.54 Å². The van der Waals surface area contributed by atoms with Crippen molar-refractivity contribution < 1.29 is 9.90 Å². The Bertz CT molecular complexity index is 222. The highest BCUT2D eigenvalue weighted by Crippen LogP contribution is 2.22. The van der Waals surface area contributed by atoms with Gasteiger partial charge in [0.25, 0.3) is 0 Å². The number of aliphatic carboxylic acids is 1. The van der Waals surface area contributed by atoms with E-state index in [0.717, 1.165) is 6.54 Å². The number of hydrogen-bond donors (Lipinski definition) is 1. The van der Waals surface area contributed by atoms with E-state index in [0.29, 0.717) is 13.0 Å². The highest BCUT2D eigenvalue weighted by Gasteiger charge is 2.32. The molecule has 0 aromatic carbocycles. The molecule has 1 aliphatic heterocycles. The van der Waals surface area contributed by atoms with Crippen LogP contribution in [-0.4, -0.2) is 36.1 Å². The number of hydrogen-bond acceptors (Lipinski definition) is 3. The Morgan fingerprint density at radius 1 is 1.75 bits per heavy atom. The van der Waals surface area contributed by atoms with Crippen molar-refractivity contribution in [2.45, 2.75) is 6.42 Å². The highest BCUT2D eigenvalue weighted by molar-refractivity contribution is 5.71. The molecule has 66 valence electrons. The van der Waals surface area contributed by atoms with Gasteiger partial charge in [0.2, 0.25) is 0 Å². The van der Waals surface area contributed by atoms with E-state index in [9.17, 15) is 4.79 Å². The Morgan fingerprint density at radius 2 is 2.42 bits per heavy atom. The van der Waals surface area contributed by atoms with E-state index in [-0.39, 0.29) is 5.92 Å². The third-order valence-electron chi connectivity index (χ3n) is 2.30. The number of rotatable bonds is 1. The molecule has 1 saturated heterocycles. The quantitative estimate of drug-likeness (QED) is 0.605. The van der Waals surface area contributed by atoms with Crippen LogP contribution < -0.4 is 0 Å². The van der Waals surface area contributed by atoms with Gasteiger partial charge in [0.15, 0.2) is 0 Å². The fraction of sp³-hybridized carbons (Fsp3) is 0.750. The molecule has 0 spiro atoms. The Morgan fingerprint density at radius 3 is 2.92 bits per heavy atom. The minimum Gasteiger partial charge on any atom is -0.481 e. The van der Waals surface area contributed by atoms with Crippen LogP contribution in [0.15, 0.2) is 0 Å². The van der Waals surface area contributed by atoms with Gasteiger partial charge in [-0.25, -0.2) is 0 Å². The van der Waals surface area contributed by atoms with Crippen LogP contribution >= 0.6 is 0 Å². The predicted molar refractivity (Wildman–Crippen MR) is 42.3 cm³/mol. The van der Waals surface area contributed by atoms with E-state index in [1.165, 1.54) is 0 Å². The number of likely N-dealkylation sites (tertiary alicyclic amines) is 1. The van der Waals surface area contributed by atoms with Crippen LogP contribution in [0.3, 0.4) is 0 Å². The average Bonchev–Trinajstić information content (AvgIpc) is 2.03. The average molecular weight is 168 g/mol. The van der Waals surface area contributed by atoms with Crippen molar-refractivity contribution in [2.24, 2.45) is 11.8 Å². The molecular formula is C8H12N2O2. The van der Waals surface area contributed by atoms with Gasteiger partial charge in [-0.15, -0.1) is 0 Å². The van der Waals surface area contributed by atoms with Crippen molar-refractivity contribution in [1.29, 1.82) is 5.26 Å². The van der Waals surface area contributed by atoms with Crippen molar-refractivity contribution >= 4 is 5.97 Å². The van der Waals surface area contributed by atoms with Gasteiger partial charge in [-0.3, -0.25) is 4.79 Å². The molecule has 4 nitrogen and oxygen atoms in total. The largest absolute Gasteiger partial charge is 0.481 e. The van der Waals surface area contributed by atoms with E-state index in [4.69, 9.17) is 10.4 Å². The molecule has 0 radical (unpaired) electrons. The second-order valence-corrected chi connectivity index (χ2v) is 3.23. The van der Waals surface area contributed by atoms with Crippen LogP contribution in [0.5, 0.6) is 0 Å². The van der Waals surface area contributed by atoms with Gasteiger partial charge in [-0.2, -0.15) is 5.26 Å². The van der Waals surface area contributed by atoms with Gasteiger partial charge < -0.3 is 10.0 Å². The SMILES string of the molecule is CN1CC[C@@H](C(=O)O)[C@H](C#N)C1. The summed E-state index contributed by atoms with van der Waals surface area (Å²) in [7, 11) is 1.91. The first-order chi connectivity index (χ1) is 5.65. The first-order valence-corrected chi connectivity index (χ1v) is 3.96. The lowest BCUT2D eigenvalue weighted by atomic mass is 9.87. The molecule has 0 aliphatic carbocycles. The van der Waals surface area contributed by atoms with E-state index >= 15 is 0 Å². The summed E-state index contributed by atoms with van der Waals surface area (Å²) in [5.41, 5.74) is 0. The molecule has 1 rings (SSSR count). The monoisotopic (exact) mass is 168 g/mol. The Kier molecular flexibility index (Phi) is 2.66. The Hall–Kier alpha value is -1.08. The van der Waals surface area contributed by atoms with Gasteiger partial charge in [-0.05, 0) is 20.0 Å². The topological polar surface area (TPSA) is 64.3 Å². The molecule has 2 atom stereocenters. The van der Waals surface area contributed by atoms with E-state index in [2.05, 4.69) is 0 Å². The summed E-state index contributed by atoms with van der Waals surface area (Å²) < 4.78 is 0. The third-order valence-corrected chi connectivity index (χ3v) is 2.30. The molecule has 1 N–H and O–H groups in total. The second kappa shape index (κ2) is 3.55. The number of nitriles is 1. The van der Waals surface area contributed by atoms with Crippen LogP contribution in [0.2, 0.25) is 0 Å². The normalized spacial score (nSPS) is 31.0. The summed E-state index contributed by atoms with van der Waals surface area (Å²) in [5.74, 6) is -1.65. The zero-order valence-corrected chi connectivity index (χ0v) is 7.03. The molecule has 0 aromatic rings. The Balaban J connectivity index is 2.64. The molecule has 12 heavy (non-hydrogen) atoms. The molecule has 0 amide bonds. The predicted octanol–water partition coefficient (Wildman–Crippen LogP) is 0.162. The summed E-state index contributed by atoms with van der Waals surface area (Å²) in [4.78, 5) is 12.7. The highest BCUT2D eigenvalue weighted by atomic mass is 16.4. The molecule has 1 aliphatic rings. The summed E-state index contributed by atoms with van der Waals surface area (Å²) >= 11 is 0. The molecule has 0 saturated carbocycles. The lowest BCUT2D eigenvalue weighted by Crippen LogP contribution is -2.40. The molecule has 4 heteroatoms. The molecule has 0 unspecified atom stereocenters. The summed E-state index contributed by atoms with van der Waals surface area (Å²) in [6.07, 6.45) is 0.587. The molecule has 0 bridgehead atoms. The zero-order valence-electron chi connectivity index (χ0n) is 7.03. The third kappa shape index (κ3) is 1.74. The van der Waals surface area contributed by atoms with Gasteiger partial charge in [0.05, 0.1) is 17.9 Å². The van der Waals surface area contributed by atoms with Crippen molar-refractivity contribution in [1.82, 2.24) is 4.90 Å². The van der Waals surface area contributed by atoms with Crippen molar-refractivity contribution in [2.75, 3.05) is 20.1 Å². The summed E-state index contributed by atoms with van der Waals surface area (Å²) in [6, 6.07) is 2.04. The lowest BCUT2D eigenvalue weighted by molar-refractivity contribution is -0.144. The molecular weight excluding hydrogens is 156 g/mol. The van der Waals surface area contributed by atoms with Crippen molar-refractivity contribution in [3.05, 3.63) is 0 Å². The van der Waals surface area contributed by atoms with Crippen LogP contribution in [0.25, 0.3) is 0 Å². The second-order valence-electron chi connectivity index (χ2n) is 3.23. The van der Waals surface area contributed by atoms with Crippen LogP contribution in [0.4, 0.5) is 0 Å². The smallest absolute Gasteiger partial charge is 0.307 e. The van der Waals surface area contributed by atoms with E-state index < -0.39 is 11.9 Å². The standard InChI is InChI=1S/C8H12N2O2/c1-10-3-2-7(8(11)12)6(4-9)5-10/h6-7H,2-3,5H2,1H3,(H,11,12)/t6-,7-/m1/s1. The van der Waals surface area contributed by atoms with Crippen molar-refractivity contribution in [3.63, 3.8) is 0 Å². The van der Waals surface area contributed by atoms with E-state index in [1.807, 2.05) is 18.0 Å². The maximum absolute atomic E-state index is 10.7.